The molecule has 5 heteroatoms. The molecule has 0 bridgehead atoms. The van der Waals surface area contributed by atoms with E-state index in [1.807, 2.05) is 6.07 Å². The molecule has 0 aliphatic carbocycles. The fourth-order valence-electron chi connectivity index (χ4n) is 1.03. The van der Waals surface area contributed by atoms with Crippen LogP contribution in [0, 0.1) is 11.3 Å². The lowest BCUT2D eigenvalue weighted by Crippen LogP contribution is -2.17. The minimum absolute atomic E-state index is 0.281. The molecule has 15 heavy (non-hydrogen) atoms. The summed E-state index contributed by atoms with van der Waals surface area (Å²) < 4.78 is 39.1. The van der Waals surface area contributed by atoms with E-state index < -0.39 is 6.36 Å². The molecule has 0 amide bonds. The van der Waals surface area contributed by atoms with Crippen molar-refractivity contribution in [2.75, 3.05) is 0 Å². The van der Waals surface area contributed by atoms with Gasteiger partial charge in [-0.25, -0.2) is 0 Å². The maximum atomic E-state index is 11.8. The second-order valence-corrected chi connectivity index (χ2v) is 2.97. The summed E-state index contributed by atoms with van der Waals surface area (Å²) in [6.07, 6.45) is -4.68. The van der Waals surface area contributed by atoms with Crippen molar-refractivity contribution < 1.29 is 17.9 Å². The lowest BCUT2D eigenvalue weighted by atomic mass is 10.0. The summed E-state index contributed by atoms with van der Waals surface area (Å²) in [5.74, 6) is -0.624. The second kappa shape index (κ2) is 4.22. The highest BCUT2D eigenvalue weighted by Crippen LogP contribution is 2.24. The van der Waals surface area contributed by atoms with Crippen LogP contribution in [-0.2, 0) is 0 Å². The number of hydrogen-bond donors (Lipinski definition) is 0. The summed E-state index contributed by atoms with van der Waals surface area (Å²) >= 11 is 0. The van der Waals surface area contributed by atoms with Crippen LogP contribution in [0.1, 0.15) is 18.4 Å². The van der Waals surface area contributed by atoms with Crippen molar-refractivity contribution >= 4 is 0 Å². The monoisotopic (exact) mass is 215 g/mol. The van der Waals surface area contributed by atoms with E-state index in [4.69, 9.17) is 5.26 Å². The van der Waals surface area contributed by atoms with Gasteiger partial charge in [0.25, 0.3) is 0 Å². The van der Waals surface area contributed by atoms with Gasteiger partial charge in [-0.2, -0.15) is 5.26 Å². The van der Waals surface area contributed by atoms with Crippen LogP contribution in [-0.4, -0.2) is 6.36 Å². The molecule has 0 aromatic heterocycles. The molecule has 1 atom stereocenters. The maximum absolute atomic E-state index is 11.8. The van der Waals surface area contributed by atoms with Crippen LogP contribution in [0.3, 0.4) is 0 Å². The quantitative estimate of drug-likeness (QED) is 0.758. The van der Waals surface area contributed by atoms with Crippen molar-refractivity contribution in [1.29, 1.82) is 5.26 Å². The molecule has 0 radical (unpaired) electrons. The number of halogens is 3. The predicted molar refractivity (Wildman–Crippen MR) is 47.2 cm³/mol. The highest BCUT2D eigenvalue weighted by Gasteiger charge is 2.30. The van der Waals surface area contributed by atoms with Gasteiger partial charge in [-0.05, 0) is 24.6 Å². The molecular weight excluding hydrogens is 207 g/mol. The highest BCUT2D eigenvalue weighted by atomic mass is 19.4. The van der Waals surface area contributed by atoms with Gasteiger partial charge in [0.05, 0.1) is 12.0 Å². The van der Waals surface area contributed by atoms with Gasteiger partial charge >= 0.3 is 6.36 Å². The van der Waals surface area contributed by atoms with Gasteiger partial charge in [0.1, 0.15) is 5.75 Å². The van der Waals surface area contributed by atoms with Crippen LogP contribution in [0.4, 0.5) is 13.2 Å². The largest absolute Gasteiger partial charge is 0.573 e. The third-order valence-corrected chi connectivity index (χ3v) is 1.81. The molecule has 1 rings (SSSR count). The van der Waals surface area contributed by atoms with E-state index in [2.05, 4.69) is 4.74 Å². The number of hydrogen-bond acceptors (Lipinski definition) is 2. The average Bonchev–Trinajstić information content (AvgIpc) is 2.15. The maximum Gasteiger partial charge on any atom is 0.573 e. The fraction of sp³-hybridized carbons (Fsp3) is 0.300. The van der Waals surface area contributed by atoms with Gasteiger partial charge in [-0.15, -0.1) is 13.2 Å². The number of nitrogens with zero attached hydrogens (tertiary/aromatic N) is 1. The summed E-state index contributed by atoms with van der Waals surface area (Å²) in [7, 11) is 0. The summed E-state index contributed by atoms with van der Waals surface area (Å²) in [6.45, 7) is 1.67. The number of nitriles is 1. The van der Waals surface area contributed by atoms with Crippen LogP contribution in [0.5, 0.6) is 5.75 Å². The Morgan fingerprint density at radius 3 is 2.20 bits per heavy atom. The number of alkyl halides is 3. The van der Waals surface area contributed by atoms with E-state index in [1.165, 1.54) is 24.3 Å². The standard InChI is InChI=1S/C10H8F3NO/c1-7(6-14)8-2-4-9(5-3-8)15-10(11,12)13/h2-5,7H,1H3. The van der Waals surface area contributed by atoms with Gasteiger partial charge in [-0.3, -0.25) is 0 Å². The van der Waals surface area contributed by atoms with Gasteiger partial charge in [-0.1, -0.05) is 12.1 Å². The average molecular weight is 215 g/mol. The molecule has 0 heterocycles. The molecule has 0 fully saturated rings. The van der Waals surface area contributed by atoms with Crippen LogP contribution >= 0.6 is 0 Å². The second-order valence-electron chi connectivity index (χ2n) is 2.97. The van der Waals surface area contributed by atoms with E-state index in [9.17, 15) is 13.2 Å². The van der Waals surface area contributed by atoms with Gasteiger partial charge < -0.3 is 4.74 Å². The van der Waals surface area contributed by atoms with Crippen molar-refractivity contribution in [3.8, 4) is 11.8 Å². The van der Waals surface area contributed by atoms with Gasteiger partial charge in [0.2, 0.25) is 0 Å². The Morgan fingerprint density at radius 1 is 1.27 bits per heavy atom. The number of benzene rings is 1. The lowest BCUT2D eigenvalue weighted by molar-refractivity contribution is -0.274. The molecule has 1 aromatic carbocycles. The smallest absolute Gasteiger partial charge is 0.406 e. The molecule has 2 nitrogen and oxygen atoms in total. The molecular formula is C10H8F3NO. The Balaban J connectivity index is 2.78. The zero-order valence-electron chi connectivity index (χ0n) is 7.88. The highest BCUT2D eigenvalue weighted by molar-refractivity contribution is 5.31. The molecule has 0 saturated heterocycles. The van der Waals surface area contributed by atoms with Gasteiger partial charge in [0, 0.05) is 0 Å². The van der Waals surface area contributed by atoms with Crippen molar-refractivity contribution in [2.45, 2.75) is 19.2 Å². The molecule has 0 aliphatic heterocycles. The third kappa shape index (κ3) is 3.50. The minimum atomic E-state index is -4.68. The summed E-state index contributed by atoms with van der Waals surface area (Å²) in [4.78, 5) is 0. The Bertz CT molecular complexity index is 364. The first-order valence-corrected chi connectivity index (χ1v) is 4.17. The summed E-state index contributed by atoms with van der Waals surface area (Å²) in [6, 6.07) is 7.25. The normalized spacial score (nSPS) is 13.0. The Kier molecular flexibility index (Phi) is 3.20. The molecule has 0 saturated carbocycles. The summed E-state index contributed by atoms with van der Waals surface area (Å²) in [5.41, 5.74) is 0.659. The minimum Gasteiger partial charge on any atom is -0.406 e. The van der Waals surface area contributed by atoms with Crippen LogP contribution in [0.2, 0.25) is 0 Å². The Hall–Kier alpha value is -1.70. The third-order valence-electron chi connectivity index (χ3n) is 1.81. The van der Waals surface area contributed by atoms with Crippen molar-refractivity contribution in [3.05, 3.63) is 29.8 Å². The molecule has 0 N–H and O–H groups in total. The first-order valence-electron chi connectivity index (χ1n) is 4.17. The van der Waals surface area contributed by atoms with E-state index in [1.54, 1.807) is 6.92 Å². The first-order chi connectivity index (χ1) is 6.92. The van der Waals surface area contributed by atoms with E-state index in [0.29, 0.717) is 5.56 Å². The number of ether oxygens (including phenoxy) is 1. The molecule has 1 aromatic rings. The SMILES string of the molecule is CC(C#N)c1ccc(OC(F)(F)F)cc1. The molecule has 1 unspecified atom stereocenters. The van der Waals surface area contributed by atoms with E-state index in [0.717, 1.165) is 0 Å². The predicted octanol–water partition coefficient (Wildman–Crippen LogP) is 3.21. The van der Waals surface area contributed by atoms with Crippen molar-refractivity contribution in [3.63, 3.8) is 0 Å². The van der Waals surface area contributed by atoms with Crippen LogP contribution in [0.25, 0.3) is 0 Å². The van der Waals surface area contributed by atoms with Gasteiger partial charge in [0.15, 0.2) is 0 Å². The topological polar surface area (TPSA) is 33.0 Å². The van der Waals surface area contributed by atoms with Crippen molar-refractivity contribution in [2.24, 2.45) is 0 Å². The van der Waals surface area contributed by atoms with E-state index >= 15 is 0 Å². The van der Waals surface area contributed by atoms with Crippen LogP contribution in [0.15, 0.2) is 24.3 Å². The van der Waals surface area contributed by atoms with Crippen LogP contribution < -0.4 is 4.74 Å². The lowest BCUT2D eigenvalue weighted by Gasteiger charge is -2.09. The zero-order valence-corrected chi connectivity index (χ0v) is 7.88. The Morgan fingerprint density at radius 2 is 1.80 bits per heavy atom. The fourth-order valence-corrected chi connectivity index (χ4v) is 1.03. The molecule has 80 valence electrons. The number of rotatable bonds is 2. The van der Waals surface area contributed by atoms with Crippen molar-refractivity contribution in [1.82, 2.24) is 0 Å². The Labute approximate surface area is 84.9 Å². The molecule has 0 aliphatic rings. The zero-order chi connectivity index (χ0) is 11.5. The first kappa shape index (κ1) is 11.4. The van der Waals surface area contributed by atoms with E-state index in [-0.39, 0.29) is 11.7 Å². The summed E-state index contributed by atoms with van der Waals surface area (Å²) in [5, 5.41) is 8.58. The molecule has 0 spiro atoms.